The zero-order chi connectivity index (χ0) is 14.5. The zero-order valence-corrected chi connectivity index (χ0v) is 11.1. The van der Waals surface area contributed by atoms with Crippen LogP contribution in [0.2, 0.25) is 5.02 Å². The largest absolute Gasteiger partial charge is 0.323 e. The fourth-order valence-corrected chi connectivity index (χ4v) is 1.83. The molecule has 1 N–H and O–H groups in total. The highest BCUT2D eigenvalue weighted by molar-refractivity contribution is 6.30. The van der Waals surface area contributed by atoms with Gasteiger partial charge in [0.1, 0.15) is 5.82 Å². The van der Waals surface area contributed by atoms with Crippen LogP contribution in [0.3, 0.4) is 0 Å². The second-order valence-electron chi connectivity index (χ2n) is 4.16. The lowest BCUT2D eigenvalue weighted by atomic mass is 10.1. The lowest BCUT2D eigenvalue weighted by Gasteiger charge is -2.06. The van der Waals surface area contributed by atoms with Crippen LogP contribution >= 0.6 is 11.6 Å². The van der Waals surface area contributed by atoms with E-state index in [0.717, 1.165) is 11.6 Å². The van der Waals surface area contributed by atoms with Crippen molar-refractivity contribution in [2.75, 3.05) is 5.32 Å². The fraction of sp³-hybridized carbons (Fsp3) is 0.0667. The van der Waals surface area contributed by atoms with Gasteiger partial charge in [-0.3, -0.25) is 4.79 Å². The minimum Gasteiger partial charge on any atom is -0.323 e. The molecule has 2 aromatic rings. The topological polar surface area (TPSA) is 52.9 Å². The first kappa shape index (κ1) is 14.0. The molecule has 0 radical (unpaired) electrons. The second kappa shape index (κ2) is 6.18. The molecule has 0 unspecified atom stereocenters. The molecule has 0 saturated carbocycles. The van der Waals surface area contributed by atoms with Crippen molar-refractivity contribution in [3.05, 3.63) is 64.4 Å². The lowest BCUT2D eigenvalue weighted by Crippen LogP contribution is -2.15. The van der Waals surface area contributed by atoms with Crippen molar-refractivity contribution in [2.45, 2.75) is 6.42 Å². The van der Waals surface area contributed by atoms with Gasteiger partial charge in [0.15, 0.2) is 0 Å². The van der Waals surface area contributed by atoms with Crippen molar-refractivity contribution in [1.82, 2.24) is 0 Å². The van der Waals surface area contributed by atoms with Crippen molar-refractivity contribution < 1.29 is 9.18 Å². The summed E-state index contributed by atoms with van der Waals surface area (Å²) in [5, 5.41) is 11.4. The summed E-state index contributed by atoms with van der Waals surface area (Å²) in [4.78, 5) is 11.8. The number of rotatable bonds is 3. The van der Waals surface area contributed by atoms with Crippen LogP contribution < -0.4 is 5.32 Å². The van der Waals surface area contributed by atoms with Gasteiger partial charge in [-0.15, -0.1) is 0 Å². The van der Waals surface area contributed by atoms with E-state index in [2.05, 4.69) is 5.32 Å². The van der Waals surface area contributed by atoms with E-state index in [1.807, 2.05) is 6.07 Å². The first-order valence-corrected chi connectivity index (χ1v) is 6.20. The Kier molecular flexibility index (Phi) is 4.34. The molecule has 1 amide bonds. The molecule has 0 saturated heterocycles. The van der Waals surface area contributed by atoms with E-state index >= 15 is 0 Å². The summed E-state index contributed by atoms with van der Waals surface area (Å²) in [5.41, 5.74) is 1.36. The Balaban J connectivity index is 2.03. The van der Waals surface area contributed by atoms with E-state index in [0.29, 0.717) is 5.56 Å². The number of amides is 1. The van der Waals surface area contributed by atoms with E-state index in [4.69, 9.17) is 16.9 Å². The standard InChI is InChI=1S/C15H10ClFN2O/c16-12-5-6-14(13(17)8-12)19-15(20)7-10-1-3-11(9-18)4-2-10/h1-6,8H,7H2,(H,19,20). The number of hydrogen-bond acceptors (Lipinski definition) is 2. The molecule has 0 bridgehead atoms. The molecule has 100 valence electrons. The summed E-state index contributed by atoms with van der Waals surface area (Å²) in [5.74, 6) is -0.915. The molecule has 2 rings (SSSR count). The van der Waals surface area contributed by atoms with E-state index in [1.54, 1.807) is 24.3 Å². The predicted octanol–water partition coefficient (Wildman–Crippen LogP) is 3.53. The van der Waals surface area contributed by atoms with Gasteiger partial charge in [0.2, 0.25) is 5.91 Å². The molecule has 0 aliphatic rings. The molecule has 0 fully saturated rings. The quantitative estimate of drug-likeness (QED) is 0.939. The molecule has 2 aromatic carbocycles. The molecule has 0 aliphatic heterocycles. The van der Waals surface area contributed by atoms with Crippen LogP contribution in [0.15, 0.2) is 42.5 Å². The molecular weight excluding hydrogens is 279 g/mol. The van der Waals surface area contributed by atoms with Gasteiger partial charge in [-0.25, -0.2) is 4.39 Å². The van der Waals surface area contributed by atoms with Gasteiger partial charge in [-0.05, 0) is 35.9 Å². The second-order valence-corrected chi connectivity index (χ2v) is 4.59. The third-order valence-corrected chi connectivity index (χ3v) is 2.89. The molecule has 0 heterocycles. The lowest BCUT2D eigenvalue weighted by molar-refractivity contribution is -0.115. The molecule has 0 atom stereocenters. The number of anilines is 1. The summed E-state index contributed by atoms with van der Waals surface area (Å²) >= 11 is 5.63. The third kappa shape index (κ3) is 3.56. The van der Waals surface area contributed by atoms with Gasteiger partial charge < -0.3 is 5.32 Å². The highest BCUT2D eigenvalue weighted by atomic mass is 35.5. The molecular formula is C15H10ClFN2O. The van der Waals surface area contributed by atoms with Gasteiger partial charge in [0.25, 0.3) is 0 Å². The number of carbonyl (C=O) groups is 1. The molecule has 0 spiro atoms. The number of hydrogen-bond donors (Lipinski definition) is 1. The predicted molar refractivity (Wildman–Crippen MR) is 74.9 cm³/mol. The SMILES string of the molecule is N#Cc1ccc(CC(=O)Nc2ccc(Cl)cc2F)cc1. The van der Waals surface area contributed by atoms with Crippen molar-refractivity contribution in [3.8, 4) is 6.07 Å². The van der Waals surface area contributed by atoms with Crippen LogP contribution in [-0.4, -0.2) is 5.91 Å². The Morgan fingerprint density at radius 3 is 2.55 bits per heavy atom. The highest BCUT2D eigenvalue weighted by Crippen LogP contribution is 2.19. The molecule has 20 heavy (non-hydrogen) atoms. The van der Waals surface area contributed by atoms with Crippen LogP contribution in [-0.2, 0) is 11.2 Å². The Bertz CT molecular complexity index is 677. The van der Waals surface area contributed by atoms with Gasteiger partial charge in [-0.2, -0.15) is 5.26 Å². The number of nitriles is 1. The zero-order valence-electron chi connectivity index (χ0n) is 10.4. The number of nitrogens with one attached hydrogen (secondary N) is 1. The minimum absolute atomic E-state index is 0.0908. The fourth-order valence-electron chi connectivity index (χ4n) is 1.67. The Morgan fingerprint density at radius 1 is 1.25 bits per heavy atom. The van der Waals surface area contributed by atoms with Crippen molar-refractivity contribution in [1.29, 1.82) is 5.26 Å². The van der Waals surface area contributed by atoms with Crippen molar-refractivity contribution >= 4 is 23.2 Å². The number of carbonyl (C=O) groups excluding carboxylic acids is 1. The Morgan fingerprint density at radius 2 is 1.95 bits per heavy atom. The van der Waals surface area contributed by atoms with Crippen molar-refractivity contribution in [2.24, 2.45) is 0 Å². The van der Waals surface area contributed by atoms with E-state index in [1.165, 1.54) is 12.1 Å². The molecule has 3 nitrogen and oxygen atoms in total. The first-order chi connectivity index (χ1) is 9.58. The maximum absolute atomic E-state index is 13.5. The highest BCUT2D eigenvalue weighted by Gasteiger charge is 2.08. The smallest absolute Gasteiger partial charge is 0.228 e. The van der Waals surface area contributed by atoms with Gasteiger partial charge in [0.05, 0.1) is 23.7 Å². The van der Waals surface area contributed by atoms with E-state index < -0.39 is 5.82 Å². The minimum atomic E-state index is -0.578. The first-order valence-electron chi connectivity index (χ1n) is 5.82. The van der Waals surface area contributed by atoms with Gasteiger partial charge >= 0.3 is 0 Å². The summed E-state index contributed by atoms with van der Waals surface area (Å²) in [6.07, 6.45) is 0.105. The van der Waals surface area contributed by atoms with Gasteiger partial charge in [-0.1, -0.05) is 23.7 Å². The molecule has 0 aromatic heterocycles. The number of benzene rings is 2. The molecule has 0 aliphatic carbocycles. The summed E-state index contributed by atoms with van der Waals surface area (Å²) < 4.78 is 13.5. The third-order valence-electron chi connectivity index (χ3n) is 2.65. The summed E-state index contributed by atoms with van der Waals surface area (Å²) in [6, 6.07) is 12.7. The summed E-state index contributed by atoms with van der Waals surface area (Å²) in [6.45, 7) is 0. The van der Waals surface area contributed by atoms with Crippen LogP contribution in [0.25, 0.3) is 0 Å². The average molecular weight is 289 g/mol. The maximum atomic E-state index is 13.5. The monoisotopic (exact) mass is 288 g/mol. The maximum Gasteiger partial charge on any atom is 0.228 e. The van der Waals surface area contributed by atoms with Crippen LogP contribution in [0.4, 0.5) is 10.1 Å². The Hall–Kier alpha value is -2.38. The Labute approximate surface area is 120 Å². The van der Waals surface area contributed by atoms with Crippen LogP contribution in [0.5, 0.6) is 0 Å². The van der Waals surface area contributed by atoms with Gasteiger partial charge in [0, 0.05) is 5.02 Å². The van der Waals surface area contributed by atoms with E-state index in [9.17, 15) is 9.18 Å². The van der Waals surface area contributed by atoms with Crippen LogP contribution in [0.1, 0.15) is 11.1 Å². The molecule has 5 heteroatoms. The van der Waals surface area contributed by atoms with Crippen LogP contribution in [0, 0.1) is 17.1 Å². The summed E-state index contributed by atoms with van der Waals surface area (Å²) in [7, 11) is 0. The number of halogens is 2. The average Bonchev–Trinajstić information content (AvgIpc) is 2.43. The number of nitrogens with zero attached hydrogens (tertiary/aromatic N) is 1. The normalized spacial score (nSPS) is 9.85. The van der Waals surface area contributed by atoms with Crippen molar-refractivity contribution in [3.63, 3.8) is 0 Å². The van der Waals surface area contributed by atoms with E-state index in [-0.39, 0.29) is 23.0 Å².